The van der Waals surface area contributed by atoms with Gasteiger partial charge in [0.15, 0.2) is 0 Å². The summed E-state index contributed by atoms with van der Waals surface area (Å²) in [6.45, 7) is 0.00868. The molecule has 0 heterocycles. The summed E-state index contributed by atoms with van der Waals surface area (Å²) in [4.78, 5) is 0. The zero-order valence-electron chi connectivity index (χ0n) is 7.24. The predicted octanol–water partition coefficient (Wildman–Crippen LogP) is 3.35. The Morgan fingerprint density at radius 2 is 1.71 bits per heavy atom. The van der Waals surface area contributed by atoms with Crippen LogP contribution in [0, 0.1) is 0 Å². The average molecular weight is 240 g/mol. The molecule has 1 aromatic carbocycles. The van der Waals surface area contributed by atoms with Gasteiger partial charge in [0.05, 0.1) is 6.54 Å². The summed E-state index contributed by atoms with van der Waals surface area (Å²) >= 11 is 11.5. The van der Waals surface area contributed by atoms with Crippen molar-refractivity contribution in [1.82, 2.24) is 5.32 Å². The van der Waals surface area contributed by atoms with Crippen molar-refractivity contribution in [2.24, 2.45) is 0 Å². The molecule has 0 aromatic heterocycles. The predicted molar refractivity (Wildman–Crippen MR) is 54.2 cm³/mol. The van der Waals surface area contributed by atoms with Gasteiger partial charge in [0.1, 0.15) is 0 Å². The molecular formula is C9H9Cl2F2N. The van der Waals surface area contributed by atoms with E-state index >= 15 is 0 Å². The van der Waals surface area contributed by atoms with Gasteiger partial charge in [-0.1, -0.05) is 23.2 Å². The van der Waals surface area contributed by atoms with Crippen molar-refractivity contribution in [3.63, 3.8) is 0 Å². The normalized spacial score (nSPS) is 10.9. The van der Waals surface area contributed by atoms with E-state index in [4.69, 9.17) is 23.2 Å². The first-order valence-corrected chi connectivity index (χ1v) is 4.77. The summed E-state index contributed by atoms with van der Waals surface area (Å²) in [5.41, 5.74) is 0.795. The smallest absolute Gasteiger partial charge is 0.250 e. The van der Waals surface area contributed by atoms with Gasteiger partial charge in [-0.15, -0.1) is 0 Å². The second kappa shape index (κ2) is 5.49. The highest BCUT2D eigenvalue weighted by atomic mass is 35.5. The van der Waals surface area contributed by atoms with Crippen molar-refractivity contribution in [2.45, 2.75) is 13.0 Å². The van der Waals surface area contributed by atoms with E-state index in [-0.39, 0.29) is 6.54 Å². The van der Waals surface area contributed by atoms with Gasteiger partial charge < -0.3 is 5.32 Å². The van der Waals surface area contributed by atoms with Gasteiger partial charge in [0, 0.05) is 16.6 Å². The molecule has 1 nitrogen and oxygen atoms in total. The van der Waals surface area contributed by atoms with Crippen LogP contribution in [0.2, 0.25) is 10.0 Å². The second-order valence-corrected chi connectivity index (χ2v) is 3.67. The number of rotatable bonds is 4. The fourth-order valence-corrected chi connectivity index (χ4v) is 1.61. The van der Waals surface area contributed by atoms with Crippen LogP contribution in [0.25, 0.3) is 0 Å². The zero-order valence-corrected chi connectivity index (χ0v) is 8.75. The van der Waals surface area contributed by atoms with Crippen molar-refractivity contribution in [3.05, 3.63) is 33.8 Å². The van der Waals surface area contributed by atoms with Crippen LogP contribution in [0.3, 0.4) is 0 Å². The van der Waals surface area contributed by atoms with Crippen LogP contribution in [-0.4, -0.2) is 13.0 Å². The second-order valence-electron chi connectivity index (χ2n) is 2.80. The Labute approximate surface area is 91.0 Å². The van der Waals surface area contributed by atoms with E-state index in [0.717, 1.165) is 5.56 Å². The molecule has 1 aromatic rings. The fraction of sp³-hybridized carbons (Fsp3) is 0.333. The summed E-state index contributed by atoms with van der Waals surface area (Å²) in [5, 5.41) is 3.60. The molecule has 0 spiro atoms. The van der Waals surface area contributed by atoms with Crippen molar-refractivity contribution >= 4 is 23.2 Å². The molecule has 14 heavy (non-hydrogen) atoms. The highest BCUT2D eigenvalue weighted by Crippen LogP contribution is 2.18. The minimum Gasteiger partial charge on any atom is -0.307 e. The molecule has 1 N–H and O–H groups in total. The van der Waals surface area contributed by atoms with Crippen molar-refractivity contribution in [1.29, 1.82) is 0 Å². The quantitative estimate of drug-likeness (QED) is 0.850. The van der Waals surface area contributed by atoms with Gasteiger partial charge in [0.2, 0.25) is 0 Å². The monoisotopic (exact) mass is 239 g/mol. The van der Waals surface area contributed by atoms with Gasteiger partial charge in [0.25, 0.3) is 6.43 Å². The number of alkyl halides is 2. The maximum absolute atomic E-state index is 11.8. The largest absolute Gasteiger partial charge is 0.307 e. The first kappa shape index (κ1) is 11.7. The fourth-order valence-electron chi connectivity index (χ4n) is 1.04. The molecule has 78 valence electrons. The van der Waals surface area contributed by atoms with E-state index in [2.05, 4.69) is 5.32 Å². The van der Waals surface area contributed by atoms with E-state index in [1.807, 2.05) is 0 Å². The molecule has 0 radical (unpaired) electrons. The van der Waals surface area contributed by atoms with Crippen LogP contribution in [-0.2, 0) is 6.54 Å². The van der Waals surface area contributed by atoms with Crippen LogP contribution in [0.5, 0.6) is 0 Å². The van der Waals surface area contributed by atoms with Crippen molar-refractivity contribution in [3.8, 4) is 0 Å². The molecule has 0 saturated heterocycles. The van der Waals surface area contributed by atoms with E-state index in [1.54, 1.807) is 18.2 Å². The van der Waals surface area contributed by atoms with E-state index < -0.39 is 6.43 Å². The Morgan fingerprint density at radius 1 is 1.14 bits per heavy atom. The summed E-state index contributed by atoms with van der Waals surface area (Å²) < 4.78 is 23.6. The molecular weight excluding hydrogens is 231 g/mol. The lowest BCUT2D eigenvalue weighted by Gasteiger charge is -2.05. The Bertz CT molecular complexity index is 285. The van der Waals surface area contributed by atoms with Crippen LogP contribution >= 0.6 is 23.2 Å². The Balaban J connectivity index is 2.50. The summed E-state index contributed by atoms with van der Waals surface area (Å²) in [6.07, 6.45) is -2.34. The van der Waals surface area contributed by atoms with Crippen molar-refractivity contribution < 1.29 is 8.78 Å². The average Bonchev–Trinajstić information content (AvgIpc) is 2.01. The molecule has 0 atom stereocenters. The maximum atomic E-state index is 11.8. The third kappa shape index (κ3) is 4.22. The Morgan fingerprint density at radius 3 is 2.21 bits per heavy atom. The first-order chi connectivity index (χ1) is 6.58. The molecule has 0 aliphatic rings. The minimum absolute atomic E-state index is 0.329. The lowest BCUT2D eigenvalue weighted by atomic mass is 10.2. The topological polar surface area (TPSA) is 12.0 Å². The first-order valence-electron chi connectivity index (χ1n) is 4.02. The molecule has 0 fully saturated rings. The molecule has 0 amide bonds. The zero-order chi connectivity index (χ0) is 10.6. The highest BCUT2D eigenvalue weighted by Gasteiger charge is 2.02. The standard InChI is InChI=1S/C9H9Cl2F2N/c10-7-1-6(2-8(11)3-7)4-14-5-9(12)13/h1-3,9,14H,4-5H2. The summed E-state index contributed by atoms with van der Waals surface area (Å²) in [7, 11) is 0. The number of hydrogen-bond acceptors (Lipinski definition) is 1. The molecule has 0 unspecified atom stereocenters. The molecule has 5 heteroatoms. The van der Waals surface area contributed by atoms with Gasteiger partial charge in [-0.3, -0.25) is 0 Å². The minimum atomic E-state index is -2.34. The van der Waals surface area contributed by atoms with Crippen LogP contribution in [0.15, 0.2) is 18.2 Å². The molecule has 1 rings (SSSR count). The van der Waals surface area contributed by atoms with Gasteiger partial charge in [-0.25, -0.2) is 8.78 Å². The highest BCUT2D eigenvalue weighted by molar-refractivity contribution is 6.34. The van der Waals surface area contributed by atoms with Gasteiger partial charge in [-0.05, 0) is 23.8 Å². The molecule has 0 saturated carbocycles. The van der Waals surface area contributed by atoms with E-state index in [9.17, 15) is 8.78 Å². The molecule has 0 aliphatic carbocycles. The Hall–Kier alpha value is -0.380. The van der Waals surface area contributed by atoms with Crippen LogP contribution in [0.1, 0.15) is 5.56 Å². The molecule has 0 aliphatic heterocycles. The maximum Gasteiger partial charge on any atom is 0.250 e. The van der Waals surface area contributed by atoms with Crippen molar-refractivity contribution in [2.75, 3.05) is 6.54 Å². The van der Waals surface area contributed by atoms with Gasteiger partial charge in [-0.2, -0.15) is 0 Å². The third-order valence-electron chi connectivity index (χ3n) is 1.55. The summed E-state index contributed by atoms with van der Waals surface area (Å²) in [6, 6.07) is 4.97. The van der Waals surface area contributed by atoms with E-state index in [1.165, 1.54) is 0 Å². The Kier molecular flexibility index (Phi) is 4.58. The lowest BCUT2D eigenvalue weighted by molar-refractivity contribution is 0.145. The van der Waals surface area contributed by atoms with E-state index in [0.29, 0.717) is 16.6 Å². The SMILES string of the molecule is FC(F)CNCc1cc(Cl)cc(Cl)c1. The lowest BCUT2D eigenvalue weighted by Crippen LogP contribution is -2.20. The van der Waals surface area contributed by atoms with Crippen LogP contribution < -0.4 is 5.32 Å². The van der Waals surface area contributed by atoms with Gasteiger partial charge >= 0.3 is 0 Å². The number of nitrogens with one attached hydrogen (secondary N) is 1. The summed E-state index contributed by atoms with van der Waals surface area (Å²) in [5.74, 6) is 0. The third-order valence-corrected chi connectivity index (χ3v) is 1.99. The number of benzene rings is 1. The number of halogens is 4. The van der Waals surface area contributed by atoms with Crippen LogP contribution in [0.4, 0.5) is 8.78 Å². The molecule has 0 bridgehead atoms. The number of hydrogen-bond donors (Lipinski definition) is 1.